The Hall–Kier alpha value is -1.32. The molecule has 2 aromatic carbocycles. The summed E-state index contributed by atoms with van der Waals surface area (Å²) >= 11 is 9.35. The number of rotatable bonds is 2. The molecule has 1 heterocycles. The number of benzene rings is 2. The lowest BCUT2D eigenvalue weighted by atomic mass is 9.99. The Morgan fingerprint density at radius 2 is 1.74 bits per heavy atom. The maximum atomic E-state index is 5.90. The van der Waals surface area contributed by atoms with Gasteiger partial charge in [0.1, 0.15) is 0 Å². The number of halogens is 2. The van der Waals surface area contributed by atoms with E-state index in [9.17, 15) is 0 Å². The average molecular weight is 336 g/mol. The van der Waals surface area contributed by atoms with Crippen LogP contribution in [0.3, 0.4) is 0 Å². The van der Waals surface area contributed by atoms with Crippen LogP contribution in [0.5, 0.6) is 0 Å². The molecule has 1 atom stereocenters. The van der Waals surface area contributed by atoms with Crippen LogP contribution >= 0.6 is 27.5 Å². The lowest BCUT2D eigenvalue weighted by molar-refractivity contribution is 0.620. The second-order valence-corrected chi connectivity index (χ2v) is 5.85. The molecule has 2 aromatic rings. The average Bonchev–Trinajstić information content (AvgIpc) is 2.90. The Balaban J connectivity index is 1.76. The molecule has 0 radical (unpaired) electrons. The van der Waals surface area contributed by atoms with E-state index < -0.39 is 0 Å². The first-order valence-corrected chi connectivity index (χ1v) is 7.23. The normalized spacial score (nSPS) is 18.0. The van der Waals surface area contributed by atoms with Gasteiger partial charge in [-0.1, -0.05) is 51.8 Å². The predicted molar refractivity (Wildman–Crippen MR) is 82.6 cm³/mol. The minimum atomic E-state index is 0.232. The molecule has 3 rings (SSSR count). The molecule has 96 valence electrons. The quantitative estimate of drug-likeness (QED) is 0.856. The van der Waals surface area contributed by atoms with Gasteiger partial charge in [0.15, 0.2) is 0 Å². The molecule has 0 bridgehead atoms. The topological polar surface area (TPSA) is 24.4 Å². The lowest BCUT2D eigenvalue weighted by Crippen LogP contribution is -2.09. The van der Waals surface area contributed by atoms with Crippen molar-refractivity contribution in [3.05, 3.63) is 69.2 Å². The molecule has 0 aromatic heterocycles. The molecule has 4 heteroatoms. The van der Waals surface area contributed by atoms with E-state index in [-0.39, 0.29) is 6.04 Å². The van der Waals surface area contributed by atoms with Gasteiger partial charge in [0.25, 0.3) is 0 Å². The van der Waals surface area contributed by atoms with E-state index in [2.05, 4.69) is 38.6 Å². The molecular weight excluding hydrogens is 324 g/mol. The summed E-state index contributed by atoms with van der Waals surface area (Å²) in [6, 6.07) is 16.4. The molecule has 0 unspecified atom stereocenters. The number of hydrazone groups is 1. The van der Waals surface area contributed by atoms with Crippen LogP contribution in [0, 0.1) is 0 Å². The molecular formula is C15H12BrClN2. The molecule has 0 fully saturated rings. The van der Waals surface area contributed by atoms with Crippen LogP contribution in [0.1, 0.15) is 23.6 Å². The van der Waals surface area contributed by atoms with Crippen LogP contribution in [0.25, 0.3) is 0 Å². The summed E-state index contributed by atoms with van der Waals surface area (Å²) in [4.78, 5) is 0. The predicted octanol–water partition coefficient (Wildman–Crippen LogP) is 4.54. The highest BCUT2D eigenvalue weighted by Crippen LogP contribution is 2.26. The van der Waals surface area contributed by atoms with E-state index in [0.717, 1.165) is 27.2 Å². The van der Waals surface area contributed by atoms with Crippen molar-refractivity contribution in [1.29, 1.82) is 0 Å². The summed E-state index contributed by atoms with van der Waals surface area (Å²) in [7, 11) is 0. The summed E-state index contributed by atoms with van der Waals surface area (Å²) in [5.74, 6) is 0. The van der Waals surface area contributed by atoms with Crippen LogP contribution < -0.4 is 5.43 Å². The molecule has 1 aliphatic heterocycles. The fourth-order valence-electron chi connectivity index (χ4n) is 2.15. The number of nitrogens with zero attached hydrogens (tertiary/aromatic N) is 1. The highest BCUT2D eigenvalue weighted by molar-refractivity contribution is 9.10. The van der Waals surface area contributed by atoms with Crippen LogP contribution in [0.4, 0.5) is 0 Å². The Labute approximate surface area is 125 Å². The van der Waals surface area contributed by atoms with Gasteiger partial charge < -0.3 is 5.43 Å². The third-order valence-electron chi connectivity index (χ3n) is 3.20. The molecule has 0 spiro atoms. The first-order chi connectivity index (χ1) is 9.22. The minimum absolute atomic E-state index is 0.232. The van der Waals surface area contributed by atoms with E-state index in [0.29, 0.717) is 0 Å². The van der Waals surface area contributed by atoms with Crippen molar-refractivity contribution in [2.75, 3.05) is 0 Å². The number of nitrogens with one attached hydrogen (secondary N) is 1. The van der Waals surface area contributed by atoms with E-state index in [4.69, 9.17) is 11.6 Å². The Morgan fingerprint density at radius 1 is 1.05 bits per heavy atom. The Bertz CT molecular complexity index is 605. The van der Waals surface area contributed by atoms with Gasteiger partial charge in [-0.2, -0.15) is 5.10 Å². The van der Waals surface area contributed by atoms with Crippen molar-refractivity contribution in [3.8, 4) is 0 Å². The zero-order valence-corrected chi connectivity index (χ0v) is 12.4. The Morgan fingerprint density at radius 3 is 2.42 bits per heavy atom. The smallest absolute Gasteiger partial charge is 0.0745 e. The second-order valence-electron chi connectivity index (χ2n) is 4.50. The SMILES string of the molecule is Clc1ccc([C@H]2CC(c3ccc(Br)cc3)=NN2)cc1. The van der Waals surface area contributed by atoms with Crippen molar-refractivity contribution < 1.29 is 0 Å². The summed E-state index contributed by atoms with van der Waals surface area (Å²) < 4.78 is 1.08. The largest absolute Gasteiger partial charge is 0.302 e. The minimum Gasteiger partial charge on any atom is -0.302 e. The fraction of sp³-hybridized carbons (Fsp3) is 0.133. The maximum Gasteiger partial charge on any atom is 0.0745 e. The molecule has 19 heavy (non-hydrogen) atoms. The molecule has 1 aliphatic rings. The van der Waals surface area contributed by atoms with Crippen LogP contribution in [-0.2, 0) is 0 Å². The van der Waals surface area contributed by atoms with Gasteiger partial charge in [-0.25, -0.2) is 0 Å². The molecule has 0 saturated heterocycles. The van der Waals surface area contributed by atoms with E-state index in [1.54, 1.807) is 0 Å². The highest BCUT2D eigenvalue weighted by atomic mass is 79.9. The first kappa shape index (κ1) is 12.7. The van der Waals surface area contributed by atoms with Gasteiger partial charge in [0.05, 0.1) is 11.8 Å². The standard InChI is InChI=1S/C15H12BrClN2/c16-12-5-1-10(2-6-12)14-9-15(19-18-14)11-3-7-13(17)8-4-11/h1-8,15,19H,9H2/t15-/m1/s1. The summed E-state index contributed by atoms with van der Waals surface area (Å²) in [6.45, 7) is 0. The Kier molecular flexibility index (Phi) is 3.58. The van der Waals surface area contributed by atoms with Crippen molar-refractivity contribution in [1.82, 2.24) is 5.43 Å². The van der Waals surface area contributed by atoms with Gasteiger partial charge in [-0.15, -0.1) is 0 Å². The number of hydrogen-bond acceptors (Lipinski definition) is 2. The van der Waals surface area contributed by atoms with Crippen molar-refractivity contribution in [3.63, 3.8) is 0 Å². The van der Waals surface area contributed by atoms with Crippen molar-refractivity contribution in [2.45, 2.75) is 12.5 Å². The molecule has 0 aliphatic carbocycles. The second kappa shape index (κ2) is 5.35. The van der Waals surface area contributed by atoms with Gasteiger partial charge >= 0.3 is 0 Å². The fourth-order valence-corrected chi connectivity index (χ4v) is 2.54. The van der Waals surface area contributed by atoms with Gasteiger partial charge in [-0.05, 0) is 35.4 Å². The van der Waals surface area contributed by atoms with E-state index in [1.807, 2.05) is 36.4 Å². The maximum absolute atomic E-state index is 5.90. The van der Waals surface area contributed by atoms with Crippen LogP contribution in [0.2, 0.25) is 5.02 Å². The van der Waals surface area contributed by atoms with Gasteiger partial charge in [0.2, 0.25) is 0 Å². The highest BCUT2D eigenvalue weighted by Gasteiger charge is 2.20. The van der Waals surface area contributed by atoms with Crippen molar-refractivity contribution >= 4 is 33.2 Å². The monoisotopic (exact) mass is 334 g/mol. The lowest BCUT2D eigenvalue weighted by Gasteiger charge is -2.09. The summed E-state index contributed by atoms with van der Waals surface area (Å²) in [6.07, 6.45) is 0.892. The van der Waals surface area contributed by atoms with Gasteiger partial charge in [0, 0.05) is 15.9 Å². The summed E-state index contributed by atoms with van der Waals surface area (Å²) in [5, 5.41) is 5.19. The zero-order valence-electron chi connectivity index (χ0n) is 10.1. The molecule has 0 amide bonds. The van der Waals surface area contributed by atoms with E-state index in [1.165, 1.54) is 5.56 Å². The third-order valence-corrected chi connectivity index (χ3v) is 3.98. The summed E-state index contributed by atoms with van der Waals surface area (Å²) in [5.41, 5.74) is 6.65. The third kappa shape index (κ3) is 2.82. The van der Waals surface area contributed by atoms with Crippen LogP contribution in [-0.4, -0.2) is 5.71 Å². The first-order valence-electron chi connectivity index (χ1n) is 6.06. The van der Waals surface area contributed by atoms with Crippen LogP contribution in [0.15, 0.2) is 58.1 Å². The molecule has 1 N–H and O–H groups in total. The van der Waals surface area contributed by atoms with Crippen molar-refractivity contribution in [2.24, 2.45) is 5.10 Å². The van der Waals surface area contributed by atoms with Gasteiger partial charge in [-0.3, -0.25) is 0 Å². The van der Waals surface area contributed by atoms with E-state index >= 15 is 0 Å². The zero-order chi connectivity index (χ0) is 13.2. The number of hydrogen-bond donors (Lipinski definition) is 1. The molecule has 2 nitrogen and oxygen atoms in total. The molecule has 0 saturated carbocycles.